The van der Waals surface area contributed by atoms with Gasteiger partial charge in [0.1, 0.15) is 17.3 Å². The van der Waals surface area contributed by atoms with E-state index in [0.29, 0.717) is 23.0 Å². The molecule has 0 saturated carbocycles. The molecule has 0 saturated heterocycles. The SMILES string of the molecule is COC(=O)CC(c1ccc(C)o1)c1oc(CSc2ccccc2)cc(=O)c1O. The third-order valence-electron chi connectivity index (χ3n) is 4.14. The average molecular weight is 400 g/mol. The lowest BCUT2D eigenvalue weighted by atomic mass is 9.98. The summed E-state index contributed by atoms with van der Waals surface area (Å²) in [5.74, 6) is 0.0313. The van der Waals surface area contributed by atoms with Crippen molar-refractivity contribution in [3.8, 4) is 5.75 Å². The molecule has 0 aliphatic heterocycles. The predicted octanol–water partition coefficient (Wildman–Crippen LogP) is 4.23. The number of carbonyl (C=O) groups excluding carboxylic acids is 1. The van der Waals surface area contributed by atoms with Crippen molar-refractivity contribution in [3.63, 3.8) is 0 Å². The molecule has 6 nitrogen and oxygen atoms in total. The van der Waals surface area contributed by atoms with Crippen molar-refractivity contribution < 1.29 is 23.5 Å². The number of benzene rings is 1. The van der Waals surface area contributed by atoms with Gasteiger partial charge in [-0.1, -0.05) is 18.2 Å². The summed E-state index contributed by atoms with van der Waals surface area (Å²) in [6.45, 7) is 1.77. The van der Waals surface area contributed by atoms with E-state index >= 15 is 0 Å². The minimum absolute atomic E-state index is 0.00379. The fraction of sp³-hybridized carbons (Fsp3) is 0.238. The zero-order chi connectivity index (χ0) is 20.1. The molecular formula is C21H20O6S. The first-order chi connectivity index (χ1) is 13.5. The largest absolute Gasteiger partial charge is 0.502 e. The summed E-state index contributed by atoms with van der Waals surface area (Å²) in [5, 5.41) is 10.3. The van der Waals surface area contributed by atoms with E-state index in [1.165, 1.54) is 24.9 Å². The van der Waals surface area contributed by atoms with E-state index in [9.17, 15) is 14.7 Å². The first-order valence-electron chi connectivity index (χ1n) is 8.64. The number of carbonyl (C=O) groups is 1. The number of aromatic hydroxyl groups is 1. The van der Waals surface area contributed by atoms with E-state index < -0.39 is 23.1 Å². The predicted molar refractivity (Wildman–Crippen MR) is 105 cm³/mol. The number of hydrogen-bond acceptors (Lipinski definition) is 7. The molecule has 1 atom stereocenters. The maximum absolute atomic E-state index is 12.3. The molecule has 2 aromatic heterocycles. The summed E-state index contributed by atoms with van der Waals surface area (Å²) in [6.07, 6.45) is -0.130. The normalized spacial score (nSPS) is 11.9. The van der Waals surface area contributed by atoms with Crippen LogP contribution in [0, 0.1) is 6.92 Å². The van der Waals surface area contributed by atoms with Crippen LogP contribution >= 0.6 is 11.8 Å². The molecule has 7 heteroatoms. The highest BCUT2D eigenvalue weighted by Crippen LogP contribution is 2.35. The van der Waals surface area contributed by atoms with Crippen LogP contribution in [0.2, 0.25) is 0 Å². The van der Waals surface area contributed by atoms with Gasteiger partial charge in [-0.25, -0.2) is 0 Å². The average Bonchev–Trinajstić information content (AvgIpc) is 3.13. The fourth-order valence-electron chi connectivity index (χ4n) is 2.75. The Morgan fingerprint density at radius 3 is 2.57 bits per heavy atom. The molecule has 0 amide bonds. The quantitative estimate of drug-likeness (QED) is 0.469. The van der Waals surface area contributed by atoms with Crippen LogP contribution in [0.25, 0.3) is 0 Å². The monoisotopic (exact) mass is 400 g/mol. The van der Waals surface area contributed by atoms with Gasteiger partial charge in [0.25, 0.3) is 0 Å². The molecule has 3 aromatic rings. The minimum Gasteiger partial charge on any atom is -0.502 e. The Morgan fingerprint density at radius 2 is 1.93 bits per heavy atom. The Bertz CT molecular complexity index is 1010. The maximum atomic E-state index is 12.3. The Morgan fingerprint density at radius 1 is 1.18 bits per heavy atom. The molecule has 146 valence electrons. The molecule has 0 bridgehead atoms. The van der Waals surface area contributed by atoms with Gasteiger partial charge in [-0.3, -0.25) is 9.59 Å². The van der Waals surface area contributed by atoms with E-state index in [0.717, 1.165) is 4.90 Å². The Kier molecular flexibility index (Phi) is 6.26. The Labute approximate surface area is 166 Å². The summed E-state index contributed by atoms with van der Waals surface area (Å²) < 4.78 is 16.2. The van der Waals surface area contributed by atoms with Gasteiger partial charge in [0.2, 0.25) is 11.2 Å². The number of rotatable bonds is 7. The summed E-state index contributed by atoms with van der Waals surface area (Å²) in [4.78, 5) is 25.2. The van der Waals surface area contributed by atoms with Crippen molar-refractivity contribution in [2.75, 3.05) is 7.11 Å². The first kappa shape index (κ1) is 19.8. The van der Waals surface area contributed by atoms with Crippen molar-refractivity contribution in [1.29, 1.82) is 0 Å². The molecule has 1 unspecified atom stereocenters. The van der Waals surface area contributed by atoms with Crippen molar-refractivity contribution in [1.82, 2.24) is 0 Å². The van der Waals surface area contributed by atoms with Crippen LogP contribution in [0.5, 0.6) is 5.75 Å². The topological polar surface area (TPSA) is 89.9 Å². The van der Waals surface area contributed by atoms with Crippen molar-refractivity contribution in [3.05, 3.63) is 81.8 Å². The number of ether oxygens (including phenoxy) is 1. The van der Waals surface area contributed by atoms with Crippen LogP contribution in [-0.2, 0) is 15.3 Å². The summed E-state index contributed by atoms with van der Waals surface area (Å²) in [7, 11) is 1.27. The second-order valence-corrected chi connectivity index (χ2v) is 7.22. The first-order valence-corrected chi connectivity index (χ1v) is 9.63. The zero-order valence-electron chi connectivity index (χ0n) is 15.5. The maximum Gasteiger partial charge on any atom is 0.306 e. The van der Waals surface area contributed by atoms with Crippen molar-refractivity contribution in [2.24, 2.45) is 0 Å². The van der Waals surface area contributed by atoms with Gasteiger partial charge in [0.15, 0.2) is 5.76 Å². The standard InChI is InChI=1S/C21H20O6S/c1-13-8-9-18(26-13)16(11-19(23)25-2)21-20(24)17(22)10-14(27-21)12-28-15-6-4-3-5-7-15/h3-10,16,24H,11-12H2,1-2H3. The number of aryl methyl sites for hydroxylation is 1. The number of thioether (sulfide) groups is 1. The number of methoxy groups -OCH3 is 1. The third-order valence-corrected chi connectivity index (χ3v) is 5.18. The summed E-state index contributed by atoms with van der Waals surface area (Å²) >= 11 is 1.50. The van der Waals surface area contributed by atoms with Crippen LogP contribution in [0.4, 0.5) is 0 Å². The van der Waals surface area contributed by atoms with Gasteiger partial charge in [-0.2, -0.15) is 0 Å². The van der Waals surface area contributed by atoms with Crippen LogP contribution in [0.3, 0.4) is 0 Å². The van der Waals surface area contributed by atoms with E-state index in [2.05, 4.69) is 0 Å². The molecule has 0 aliphatic rings. The highest BCUT2D eigenvalue weighted by Gasteiger charge is 2.29. The second-order valence-electron chi connectivity index (χ2n) is 6.17. The van der Waals surface area contributed by atoms with E-state index in [4.69, 9.17) is 13.6 Å². The van der Waals surface area contributed by atoms with Gasteiger partial charge < -0.3 is 18.7 Å². The van der Waals surface area contributed by atoms with E-state index in [1.807, 2.05) is 30.3 Å². The molecule has 28 heavy (non-hydrogen) atoms. The summed E-state index contributed by atoms with van der Waals surface area (Å²) in [6, 6.07) is 14.4. The molecule has 0 fully saturated rings. The van der Waals surface area contributed by atoms with Gasteiger partial charge in [-0.05, 0) is 31.2 Å². The lowest BCUT2D eigenvalue weighted by molar-refractivity contribution is -0.141. The smallest absolute Gasteiger partial charge is 0.306 e. The van der Waals surface area contributed by atoms with Gasteiger partial charge in [0.05, 0.1) is 25.2 Å². The molecular weight excluding hydrogens is 380 g/mol. The zero-order valence-corrected chi connectivity index (χ0v) is 16.3. The van der Waals surface area contributed by atoms with Crippen LogP contribution in [0.15, 0.2) is 67.1 Å². The molecule has 3 rings (SSSR count). The highest BCUT2D eigenvalue weighted by molar-refractivity contribution is 7.98. The molecule has 1 N–H and O–H groups in total. The molecule has 0 radical (unpaired) electrons. The lowest BCUT2D eigenvalue weighted by Gasteiger charge is -2.15. The van der Waals surface area contributed by atoms with Crippen LogP contribution in [-0.4, -0.2) is 18.2 Å². The van der Waals surface area contributed by atoms with E-state index in [1.54, 1.807) is 19.1 Å². The van der Waals surface area contributed by atoms with Gasteiger partial charge >= 0.3 is 5.97 Å². The summed E-state index contributed by atoms with van der Waals surface area (Å²) in [5.41, 5.74) is -0.567. The third kappa shape index (κ3) is 4.67. The molecule has 0 spiro atoms. The highest BCUT2D eigenvalue weighted by atomic mass is 32.2. The van der Waals surface area contributed by atoms with Crippen LogP contribution in [0.1, 0.15) is 35.4 Å². The fourth-order valence-corrected chi connectivity index (χ4v) is 3.55. The minimum atomic E-state index is -0.768. The molecule has 1 aromatic carbocycles. The number of hydrogen-bond donors (Lipinski definition) is 1. The number of furan rings is 1. The molecule has 0 aliphatic carbocycles. The van der Waals surface area contributed by atoms with Gasteiger partial charge in [0, 0.05) is 11.0 Å². The van der Waals surface area contributed by atoms with Gasteiger partial charge in [-0.15, -0.1) is 11.8 Å². The van der Waals surface area contributed by atoms with Crippen molar-refractivity contribution >= 4 is 17.7 Å². The van der Waals surface area contributed by atoms with E-state index in [-0.39, 0.29) is 12.2 Å². The Hall–Kier alpha value is -2.93. The number of esters is 1. The second kappa shape index (κ2) is 8.84. The Balaban J connectivity index is 1.95. The van der Waals surface area contributed by atoms with Crippen LogP contribution < -0.4 is 5.43 Å². The van der Waals surface area contributed by atoms with Crippen molar-refractivity contribution in [2.45, 2.75) is 29.9 Å². The molecule has 2 heterocycles. The lowest BCUT2D eigenvalue weighted by Crippen LogP contribution is -2.13.